The maximum Gasteiger partial charge on any atom is 0.223 e. The van der Waals surface area contributed by atoms with Crippen molar-refractivity contribution in [3.8, 4) is 11.1 Å². The third kappa shape index (κ3) is 2.22. The average Bonchev–Trinajstić information content (AvgIpc) is 2.46. The van der Waals surface area contributed by atoms with Gasteiger partial charge in [0.25, 0.3) is 0 Å². The van der Waals surface area contributed by atoms with Crippen LogP contribution in [0.1, 0.15) is 24.5 Å². The summed E-state index contributed by atoms with van der Waals surface area (Å²) in [7, 11) is 0. The van der Waals surface area contributed by atoms with E-state index in [2.05, 4.69) is 31.2 Å². The van der Waals surface area contributed by atoms with Crippen molar-refractivity contribution in [3.05, 3.63) is 53.6 Å². The van der Waals surface area contributed by atoms with E-state index < -0.39 is 0 Å². The molecule has 1 heterocycles. The number of nitrogens with zero attached hydrogens (tertiary/aromatic N) is 1. The van der Waals surface area contributed by atoms with Crippen molar-refractivity contribution in [2.24, 2.45) is 0 Å². The van der Waals surface area contributed by atoms with Gasteiger partial charge in [0.05, 0.1) is 5.69 Å². The predicted octanol–water partition coefficient (Wildman–Crippen LogP) is 3.96. The van der Waals surface area contributed by atoms with Crippen LogP contribution in [0.15, 0.2) is 42.5 Å². The Bertz CT molecular complexity index is 646. The Morgan fingerprint density at radius 3 is 2.60 bits per heavy atom. The highest BCUT2D eigenvalue weighted by Gasteiger charge is 2.23. The van der Waals surface area contributed by atoms with Crippen molar-refractivity contribution in [1.82, 2.24) is 0 Å². The highest BCUT2D eigenvalue weighted by molar-refractivity contribution is 5.98. The van der Waals surface area contributed by atoms with Gasteiger partial charge in [-0.25, -0.2) is 0 Å². The van der Waals surface area contributed by atoms with Crippen LogP contribution in [0.3, 0.4) is 0 Å². The Labute approximate surface area is 120 Å². The lowest BCUT2D eigenvalue weighted by Gasteiger charge is -2.31. The largest absolute Gasteiger partial charge is 0.312 e. The zero-order chi connectivity index (χ0) is 14.1. The first-order valence-electron chi connectivity index (χ1n) is 7.14. The highest BCUT2D eigenvalue weighted by atomic mass is 16.2. The number of aryl methyl sites for hydroxylation is 2. The molecule has 102 valence electrons. The monoisotopic (exact) mass is 265 g/mol. The molecule has 2 aromatic rings. The third-order valence-corrected chi connectivity index (χ3v) is 3.90. The van der Waals surface area contributed by atoms with E-state index in [1.54, 1.807) is 6.92 Å². The van der Waals surface area contributed by atoms with E-state index in [1.165, 1.54) is 22.3 Å². The molecule has 20 heavy (non-hydrogen) atoms. The fraction of sp³-hybridized carbons (Fsp3) is 0.278. The number of carbonyl (C=O) groups is 1. The van der Waals surface area contributed by atoms with Gasteiger partial charge in [0.1, 0.15) is 0 Å². The third-order valence-electron chi connectivity index (χ3n) is 3.90. The standard InChI is InChI=1S/C18H19NO/c1-13-11-16-9-6-10-19(14(2)20)18(16)17(12-13)15-7-4-3-5-8-15/h3-5,7-8,11-12H,6,9-10H2,1-2H3. The fourth-order valence-electron chi connectivity index (χ4n) is 3.06. The van der Waals surface area contributed by atoms with E-state index in [0.29, 0.717) is 0 Å². The lowest BCUT2D eigenvalue weighted by molar-refractivity contribution is -0.116. The first-order valence-corrected chi connectivity index (χ1v) is 7.14. The molecule has 0 saturated carbocycles. The topological polar surface area (TPSA) is 20.3 Å². The van der Waals surface area contributed by atoms with Gasteiger partial charge >= 0.3 is 0 Å². The molecule has 0 saturated heterocycles. The van der Waals surface area contributed by atoms with Crippen LogP contribution in [0.5, 0.6) is 0 Å². The van der Waals surface area contributed by atoms with E-state index in [4.69, 9.17) is 0 Å². The second-order valence-corrected chi connectivity index (χ2v) is 5.46. The summed E-state index contributed by atoms with van der Waals surface area (Å²) in [6, 6.07) is 14.8. The molecular formula is C18H19NO. The van der Waals surface area contributed by atoms with Gasteiger partial charge in [-0.2, -0.15) is 0 Å². The normalized spacial score (nSPS) is 14.0. The zero-order valence-corrected chi connectivity index (χ0v) is 12.0. The van der Waals surface area contributed by atoms with Gasteiger partial charge in [-0.3, -0.25) is 4.79 Å². The molecule has 0 fully saturated rings. The van der Waals surface area contributed by atoms with E-state index >= 15 is 0 Å². The summed E-state index contributed by atoms with van der Waals surface area (Å²) in [6.07, 6.45) is 2.10. The maximum atomic E-state index is 12.0. The number of anilines is 1. The van der Waals surface area contributed by atoms with Crippen molar-refractivity contribution in [3.63, 3.8) is 0 Å². The molecule has 2 aromatic carbocycles. The number of benzene rings is 2. The van der Waals surface area contributed by atoms with Crippen LogP contribution >= 0.6 is 0 Å². The molecule has 0 N–H and O–H groups in total. The number of carbonyl (C=O) groups excluding carboxylic acids is 1. The van der Waals surface area contributed by atoms with Gasteiger partial charge in [0, 0.05) is 19.0 Å². The minimum Gasteiger partial charge on any atom is -0.312 e. The molecule has 1 aliphatic rings. The van der Waals surface area contributed by atoms with Crippen molar-refractivity contribution in [2.45, 2.75) is 26.7 Å². The first-order chi connectivity index (χ1) is 9.66. The van der Waals surface area contributed by atoms with Crippen LogP contribution in [0.4, 0.5) is 5.69 Å². The van der Waals surface area contributed by atoms with Gasteiger partial charge in [-0.1, -0.05) is 42.0 Å². The van der Waals surface area contributed by atoms with Crippen LogP contribution in [-0.2, 0) is 11.2 Å². The summed E-state index contributed by atoms with van der Waals surface area (Å²) in [5, 5.41) is 0. The molecule has 1 aliphatic heterocycles. The molecule has 2 nitrogen and oxygen atoms in total. The smallest absolute Gasteiger partial charge is 0.223 e. The van der Waals surface area contributed by atoms with Crippen LogP contribution in [0, 0.1) is 6.92 Å². The van der Waals surface area contributed by atoms with Crippen LogP contribution < -0.4 is 4.90 Å². The summed E-state index contributed by atoms with van der Waals surface area (Å²) in [5.74, 6) is 0.131. The number of hydrogen-bond acceptors (Lipinski definition) is 1. The predicted molar refractivity (Wildman–Crippen MR) is 83.0 cm³/mol. The molecule has 0 aromatic heterocycles. The van der Waals surface area contributed by atoms with Gasteiger partial charge in [0.15, 0.2) is 0 Å². The molecule has 0 atom stereocenters. The summed E-state index contributed by atoms with van der Waals surface area (Å²) < 4.78 is 0. The fourth-order valence-corrected chi connectivity index (χ4v) is 3.06. The SMILES string of the molecule is CC(=O)N1CCCc2cc(C)cc(-c3ccccc3)c21. The van der Waals surface area contributed by atoms with Gasteiger partial charge in [-0.05, 0) is 37.0 Å². The van der Waals surface area contributed by atoms with Crippen molar-refractivity contribution in [2.75, 3.05) is 11.4 Å². The van der Waals surface area contributed by atoms with Crippen LogP contribution in [-0.4, -0.2) is 12.5 Å². The second kappa shape index (κ2) is 5.12. The Balaban J connectivity index is 2.24. The molecule has 0 bridgehead atoms. The Hall–Kier alpha value is -2.09. The molecule has 2 heteroatoms. The van der Waals surface area contributed by atoms with Gasteiger partial charge in [0.2, 0.25) is 5.91 Å². The Kier molecular flexibility index (Phi) is 3.31. The molecule has 0 unspecified atom stereocenters. The molecule has 0 aliphatic carbocycles. The lowest BCUT2D eigenvalue weighted by atomic mass is 9.92. The Morgan fingerprint density at radius 1 is 1.15 bits per heavy atom. The second-order valence-electron chi connectivity index (χ2n) is 5.46. The number of amides is 1. The quantitative estimate of drug-likeness (QED) is 0.764. The van der Waals surface area contributed by atoms with Gasteiger partial charge < -0.3 is 4.90 Å². The molecular weight excluding hydrogens is 246 g/mol. The highest BCUT2D eigenvalue weighted by Crippen LogP contribution is 2.38. The van der Waals surface area contributed by atoms with Crippen molar-refractivity contribution in [1.29, 1.82) is 0 Å². The molecule has 1 amide bonds. The summed E-state index contributed by atoms with van der Waals surface area (Å²) in [5.41, 5.74) is 6.02. The van der Waals surface area contributed by atoms with E-state index in [1.807, 2.05) is 23.1 Å². The number of hydrogen-bond donors (Lipinski definition) is 0. The number of fused-ring (bicyclic) bond motifs is 1. The lowest BCUT2D eigenvalue weighted by Crippen LogP contribution is -2.34. The molecule has 0 radical (unpaired) electrons. The minimum absolute atomic E-state index is 0.131. The summed E-state index contributed by atoms with van der Waals surface area (Å²) in [6.45, 7) is 4.61. The maximum absolute atomic E-state index is 12.0. The van der Waals surface area contributed by atoms with E-state index in [9.17, 15) is 4.79 Å². The average molecular weight is 265 g/mol. The van der Waals surface area contributed by atoms with Gasteiger partial charge in [-0.15, -0.1) is 0 Å². The number of rotatable bonds is 1. The summed E-state index contributed by atoms with van der Waals surface area (Å²) >= 11 is 0. The van der Waals surface area contributed by atoms with Crippen molar-refractivity contribution >= 4 is 11.6 Å². The molecule has 0 spiro atoms. The first kappa shape index (κ1) is 12.9. The molecule has 3 rings (SSSR count). The Morgan fingerprint density at radius 2 is 1.90 bits per heavy atom. The summed E-state index contributed by atoms with van der Waals surface area (Å²) in [4.78, 5) is 13.9. The minimum atomic E-state index is 0.131. The van der Waals surface area contributed by atoms with Crippen LogP contribution in [0.25, 0.3) is 11.1 Å². The van der Waals surface area contributed by atoms with Crippen LogP contribution in [0.2, 0.25) is 0 Å². The van der Waals surface area contributed by atoms with E-state index in [-0.39, 0.29) is 5.91 Å². The van der Waals surface area contributed by atoms with E-state index in [0.717, 1.165) is 25.1 Å². The zero-order valence-electron chi connectivity index (χ0n) is 12.0. The van der Waals surface area contributed by atoms with Crippen molar-refractivity contribution < 1.29 is 4.79 Å².